The van der Waals surface area contributed by atoms with Crippen molar-refractivity contribution < 1.29 is 0 Å². The summed E-state index contributed by atoms with van der Waals surface area (Å²) in [6.07, 6.45) is 4.36. The van der Waals surface area contributed by atoms with Gasteiger partial charge in [0.25, 0.3) is 5.56 Å². The normalized spacial score (nSPS) is 16.6. The van der Waals surface area contributed by atoms with E-state index in [1.54, 1.807) is 15.9 Å². The standard InChI is InChI=1S/C28H28N6OS/c35-26-25-22-13-7-8-14-23(22)36-27(25)34-24(29-30-28(34)33(26)21-11-5-2-6-12-21)19-31-15-17-32(18-16-31)20-9-3-1-4-10-20/h1-6,9-12H,7-8,13-19H2. The van der Waals surface area contributed by atoms with Gasteiger partial charge in [0, 0.05) is 36.7 Å². The molecule has 2 aliphatic rings. The molecule has 1 aliphatic carbocycles. The second-order valence-electron chi connectivity index (χ2n) is 9.72. The fourth-order valence-electron chi connectivity index (χ4n) is 5.71. The zero-order chi connectivity index (χ0) is 24.1. The van der Waals surface area contributed by atoms with Gasteiger partial charge in [-0.3, -0.25) is 14.1 Å². The molecule has 0 spiro atoms. The monoisotopic (exact) mass is 496 g/mol. The number of hydrogen-bond donors (Lipinski definition) is 0. The van der Waals surface area contributed by atoms with Crippen molar-refractivity contribution in [1.29, 1.82) is 0 Å². The van der Waals surface area contributed by atoms with Crippen molar-refractivity contribution in [2.45, 2.75) is 32.2 Å². The maximum atomic E-state index is 13.9. The zero-order valence-electron chi connectivity index (χ0n) is 20.1. The lowest BCUT2D eigenvalue weighted by atomic mass is 9.97. The van der Waals surface area contributed by atoms with Gasteiger partial charge in [0.2, 0.25) is 5.78 Å². The zero-order valence-corrected chi connectivity index (χ0v) is 21.0. The van der Waals surface area contributed by atoms with E-state index in [1.165, 1.54) is 22.5 Å². The average Bonchev–Trinajstić information content (AvgIpc) is 3.52. The summed E-state index contributed by atoms with van der Waals surface area (Å²) < 4.78 is 3.92. The molecule has 7 rings (SSSR count). The number of hydrogen-bond acceptors (Lipinski definition) is 6. The molecule has 1 aliphatic heterocycles. The molecule has 5 aromatic rings. The van der Waals surface area contributed by atoms with Gasteiger partial charge < -0.3 is 4.90 Å². The Morgan fingerprint density at radius 3 is 2.25 bits per heavy atom. The summed E-state index contributed by atoms with van der Waals surface area (Å²) in [4.78, 5) is 21.2. The van der Waals surface area contributed by atoms with Gasteiger partial charge in [0.1, 0.15) is 4.83 Å². The molecule has 182 valence electrons. The van der Waals surface area contributed by atoms with Crippen LogP contribution in [0.1, 0.15) is 29.1 Å². The molecule has 7 nitrogen and oxygen atoms in total. The van der Waals surface area contributed by atoms with Gasteiger partial charge in [-0.05, 0) is 55.5 Å². The molecule has 1 saturated heterocycles. The Morgan fingerprint density at radius 2 is 1.50 bits per heavy atom. The molecule has 8 heteroatoms. The highest BCUT2D eigenvalue weighted by Crippen LogP contribution is 2.36. The fourth-order valence-corrected chi connectivity index (χ4v) is 7.11. The van der Waals surface area contributed by atoms with E-state index in [2.05, 4.69) is 54.7 Å². The van der Waals surface area contributed by atoms with E-state index in [1.807, 2.05) is 30.3 Å². The van der Waals surface area contributed by atoms with Crippen LogP contribution in [0.25, 0.3) is 21.7 Å². The Hall–Kier alpha value is -3.49. The molecule has 0 atom stereocenters. The number of fused-ring (bicyclic) bond motifs is 5. The first kappa shape index (κ1) is 21.8. The number of anilines is 1. The Kier molecular flexibility index (Phi) is 5.36. The minimum absolute atomic E-state index is 0.0264. The average molecular weight is 497 g/mol. The van der Waals surface area contributed by atoms with Gasteiger partial charge in [-0.15, -0.1) is 21.5 Å². The molecular weight excluding hydrogens is 468 g/mol. The van der Waals surface area contributed by atoms with Gasteiger partial charge in [-0.25, -0.2) is 4.57 Å². The molecule has 36 heavy (non-hydrogen) atoms. The first-order valence-corrected chi connectivity index (χ1v) is 13.6. The van der Waals surface area contributed by atoms with E-state index < -0.39 is 0 Å². The lowest BCUT2D eigenvalue weighted by molar-refractivity contribution is 0.243. The molecule has 0 amide bonds. The molecule has 0 bridgehead atoms. The summed E-state index contributed by atoms with van der Waals surface area (Å²) in [5.74, 6) is 1.52. The maximum Gasteiger partial charge on any atom is 0.268 e. The fraction of sp³-hybridized carbons (Fsp3) is 0.321. The Bertz CT molecular complexity index is 1600. The Labute approximate surface area is 213 Å². The summed E-state index contributed by atoms with van der Waals surface area (Å²) in [6.45, 7) is 4.61. The van der Waals surface area contributed by atoms with Gasteiger partial charge >= 0.3 is 0 Å². The highest BCUT2D eigenvalue weighted by Gasteiger charge is 2.26. The molecule has 0 N–H and O–H groups in total. The number of aryl methyl sites for hydroxylation is 2. The van der Waals surface area contributed by atoms with E-state index in [0.29, 0.717) is 12.3 Å². The highest BCUT2D eigenvalue weighted by atomic mass is 32.1. The van der Waals surface area contributed by atoms with Crippen LogP contribution in [-0.2, 0) is 19.4 Å². The summed E-state index contributed by atoms with van der Waals surface area (Å²) in [7, 11) is 0. The summed E-state index contributed by atoms with van der Waals surface area (Å²) in [5.41, 5.74) is 3.39. The Balaban J connectivity index is 1.31. The van der Waals surface area contributed by atoms with Crippen molar-refractivity contribution in [1.82, 2.24) is 24.1 Å². The predicted molar refractivity (Wildman–Crippen MR) is 145 cm³/mol. The van der Waals surface area contributed by atoms with Gasteiger partial charge in [-0.2, -0.15) is 0 Å². The number of thiophene rings is 1. The van der Waals surface area contributed by atoms with Gasteiger partial charge in [0.15, 0.2) is 5.82 Å². The molecule has 4 heterocycles. The van der Waals surface area contributed by atoms with Crippen molar-refractivity contribution in [3.63, 3.8) is 0 Å². The van der Waals surface area contributed by atoms with Crippen LogP contribution >= 0.6 is 11.3 Å². The van der Waals surface area contributed by atoms with Crippen molar-refractivity contribution in [2.75, 3.05) is 31.1 Å². The van der Waals surface area contributed by atoms with Crippen molar-refractivity contribution in [3.05, 3.63) is 87.3 Å². The number of rotatable bonds is 4. The van der Waals surface area contributed by atoms with Crippen LogP contribution < -0.4 is 10.5 Å². The predicted octanol–water partition coefficient (Wildman–Crippen LogP) is 4.30. The summed E-state index contributed by atoms with van der Waals surface area (Å²) >= 11 is 1.77. The number of benzene rings is 2. The topological polar surface area (TPSA) is 58.7 Å². The molecule has 1 fully saturated rings. The van der Waals surface area contributed by atoms with Crippen LogP contribution in [0.2, 0.25) is 0 Å². The largest absolute Gasteiger partial charge is 0.369 e. The summed E-state index contributed by atoms with van der Waals surface area (Å²) in [5, 5.41) is 10.1. The molecule has 0 saturated carbocycles. The van der Waals surface area contributed by atoms with Crippen LogP contribution in [0.4, 0.5) is 5.69 Å². The molecule has 0 unspecified atom stereocenters. The van der Waals surface area contributed by atoms with Gasteiger partial charge in [-0.1, -0.05) is 36.4 Å². The third kappa shape index (κ3) is 3.55. The third-order valence-electron chi connectivity index (χ3n) is 7.56. The minimum Gasteiger partial charge on any atom is -0.369 e. The lowest BCUT2D eigenvalue weighted by Gasteiger charge is -2.35. The van der Waals surface area contributed by atoms with E-state index in [-0.39, 0.29) is 5.56 Å². The van der Waals surface area contributed by atoms with Crippen LogP contribution in [0.5, 0.6) is 0 Å². The molecule has 2 aromatic carbocycles. The number of para-hydroxylation sites is 2. The maximum absolute atomic E-state index is 13.9. The van der Waals surface area contributed by atoms with E-state index in [0.717, 1.165) is 67.2 Å². The van der Waals surface area contributed by atoms with Gasteiger partial charge in [0.05, 0.1) is 17.6 Å². The smallest absolute Gasteiger partial charge is 0.268 e. The number of nitrogens with zero attached hydrogens (tertiary/aromatic N) is 6. The van der Waals surface area contributed by atoms with Crippen LogP contribution in [-0.4, -0.2) is 50.2 Å². The third-order valence-corrected chi connectivity index (χ3v) is 8.84. The summed E-state index contributed by atoms with van der Waals surface area (Å²) in [6, 6.07) is 20.5. The Morgan fingerprint density at radius 1 is 0.806 bits per heavy atom. The minimum atomic E-state index is 0.0264. The quantitative estimate of drug-likeness (QED) is 0.371. The molecule has 3 aromatic heterocycles. The SMILES string of the molecule is O=c1c2c3c(sc2n2c(CN4CCN(c5ccccc5)CC4)nnc2n1-c1ccccc1)CCCC3. The van der Waals surface area contributed by atoms with E-state index in [4.69, 9.17) is 0 Å². The van der Waals surface area contributed by atoms with Crippen LogP contribution in [0, 0.1) is 0 Å². The lowest BCUT2D eigenvalue weighted by Crippen LogP contribution is -2.46. The van der Waals surface area contributed by atoms with E-state index >= 15 is 0 Å². The highest BCUT2D eigenvalue weighted by molar-refractivity contribution is 7.18. The van der Waals surface area contributed by atoms with Crippen molar-refractivity contribution in [2.24, 2.45) is 0 Å². The van der Waals surface area contributed by atoms with Crippen molar-refractivity contribution in [3.8, 4) is 5.69 Å². The second-order valence-corrected chi connectivity index (χ2v) is 10.8. The van der Waals surface area contributed by atoms with Crippen LogP contribution in [0.15, 0.2) is 65.5 Å². The van der Waals surface area contributed by atoms with E-state index in [9.17, 15) is 4.79 Å². The first-order chi connectivity index (χ1) is 17.8. The van der Waals surface area contributed by atoms with Crippen LogP contribution in [0.3, 0.4) is 0 Å². The number of aromatic nitrogens is 4. The number of piperazine rings is 1. The molecule has 0 radical (unpaired) electrons. The van der Waals surface area contributed by atoms with Crippen molar-refractivity contribution >= 4 is 33.0 Å². The first-order valence-electron chi connectivity index (χ1n) is 12.8. The molecular formula is C28H28N6OS. The second kappa shape index (κ2) is 8.87.